The zero-order valence-corrected chi connectivity index (χ0v) is 7.35. The molecule has 0 saturated heterocycles. The Morgan fingerprint density at radius 3 is 2.92 bits per heavy atom. The maximum Gasteiger partial charge on any atom is 0.255 e. The first-order valence-electron chi connectivity index (χ1n) is 3.74. The van der Waals surface area contributed by atoms with Crippen molar-refractivity contribution in [1.29, 1.82) is 0 Å². The summed E-state index contributed by atoms with van der Waals surface area (Å²) in [5.74, 6) is 1.52. The SMILES string of the molecule is COc1nc2nc(C)nn2cc1N. The van der Waals surface area contributed by atoms with Gasteiger partial charge in [0.15, 0.2) is 0 Å². The molecule has 0 amide bonds. The van der Waals surface area contributed by atoms with Crippen molar-refractivity contribution in [3.05, 3.63) is 12.0 Å². The minimum Gasteiger partial charge on any atom is -0.479 e. The van der Waals surface area contributed by atoms with Gasteiger partial charge in [0.05, 0.1) is 13.3 Å². The van der Waals surface area contributed by atoms with E-state index < -0.39 is 0 Å². The monoisotopic (exact) mass is 179 g/mol. The Hall–Kier alpha value is -1.85. The summed E-state index contributed by atoms with van der Waals surface area (Å²) in [7, 11) is 1.51. The normalized spacial score (nSPS) is 10.6. The van der Waals surface area contributed by atoms with Crippen molar-refractivity contribution in [3.63, 3.8) is 0 Å². The quantitative estimate of drug-likeness (QED) is 0.667. The van der Waals surface area contributed by atoms with Crippen LogP contribution < -0.4 is 10.5 Å². The summed E-state index contributed by atoms with van der Waals surface area (Å²) in [5.41, 5.74) is 6.07. The molecule has 2 N–H and O–H groups in total. The van der Waals surface area contributed by atoms with Crippen molar-refractivity contribution in [2.24, 2.45) is 0 Å². The average molecular weight is 179 g/mol. The van der Waals surface area contributed by atoms with Gasteiger partial charge >= 0.3 is 0 Å². The van der Waals surface area contributed by atoms with Crippen molar-refractivity contribution in [2.45, 2.75) is 6.92 Å². The molecule has 2 rings (SSSR count). The molecule has 0 saturated carbocycles. The molecule has 6 nitrogen and oxygen atoms in total. The van der Waals surface area contributed by atoms with Gasteiger partial charge < -0.3 is 10.5 Å². The maximum absolute atomic E-state index is 5.63. The number of nitrogens with zero attached hydrogens (tertiary/aromatic N) is 4. The first kappa shape index (κ1) is 7.78. The van der Waals surface area contributed by atoms with E-state index in [1.54, 1.807) is 13.1 Å². The second kappa shape index (κ2) is 2.58. The Morgan fingerprint density at radius 2 is 2.23 bits per heavy atom. The first-order valence-corrected chi connectivity index (χ1v) is 3.74. The van der Waals surface area contributed by atoms with E-state index in [1.165, 1.54) is 11.6 Å². The van der Waals surface area contributed by atoms with Gasteiger partial charge in [0.1, 0.15) is 11.5 Å². The Labute approximate surface area is 74.4 Å². The zero-order valence-electron chi connectivity index (χ0n) is 7.35. The van der Waals surface area contributed by atoms with Crippen molar-refractivity contribution in [1.82, 2.24) is 19.6 Å². The van der Waals surface area contributed by atoms with Crippen LogP contribution in [0, 0.1) is 6.92 Å². The molecule has 0 fully saturated rings. The number of hydrogen-bond donors (Lipinski definition) is 1. The third-order valence-corrected chi connectivity index (χ3v) is 1.62. The van der Waals surface area contributed by atoms with E-state index in [2.05, 4.69) is 15.1 Å². The number of fused-ring (bicyclic) bond motifs is 1. The average Bonchev–Trinajstić information content (AvgIpc) is 2.42. The van der Waals surface area contributed by atoms with E-state index in [0.29, 0.717) is 23.2 Å². The number of methoxy groups -OCH3 is 1. The fourth-order valence-electron chi connectivity index (χ4n) is 1.09. The van der Waals surface area contributed by atoms with Gasteiger partial charge in [-0.2, -0.15) is 15.1 Å². The molecular formula is C7H9N5O. The molecule has 0 aliphatic rings. The molecule has 0 aromatic carbocycles. The van der Waals surface area contributed by atoms with Crippen LogP contribution in [0.15, 0.2) is 6.20 Å². The van der Waals surface area contributed by atoms with Gasteiger partial charge in [-0.05, 0) is 6.92 Å². The molecule has 0 aliphatic heterocycles. The van der Waals surface area contributed by atoms with Gasteiger partial charge in [0.2, 0.25) is 5.88 Å². The molecule has 2 aromatic heterocycles. The standard InChI is InChI=1S/C7H9N5O/c1-4-9-7-10-6(13-2)5(8)3-12(7)11-4/h3H,8H2,1-2H3. The third kappa shape index (κ3) is 1.16. The van der Waals surface area contributed by atoms with Crippen LogP contribution in [0.1, 0.15) is 5.82 Å². The lowest BCUT2D eigenvalue weighted by Gasteiger charge is -2.01. The molecule has 6 heteroatoms. The smallest absolute Gasteiger partial charge is 0.255 e. The largest absolute Gasteiger partial charge is 0.479 e. The number of rotatable bonds is 1. The molecule has 0 unspecified atom stereocenters. The summed E-state index contributed by atoms with van der Waals surface area (Å²) in [6, 6.07) is 0. The number of aryl methyl sites for hydroxylation is 1. The summed E-state index contributed by atoms with van der Waals surface area (Å²) in [6.45, 7) is 1.79. The first-order chi connectivity index (χ1) is 6.20. The summed E-state index contributed by atoms with van der Waals surface area (Å²) >= 11 is 0. The van der Waals surface area contributed by atoms with Crippen LogP contribution >= 0.6 is 0 Å². The van der Waals surface area contributed by atoms with Crippen LogP contribution in [-0.4, -0.2) is 26.7 Å². The van der Waals surface area contributed by atoms with Gasteiger partial charge in [-0.3, -0.25) is 0 Å². The predicted octanol–water partition coefficient (Wildman–Crippen LogP) is 0.0235. The van der Waals surface area contributed by atoms with Gasteiger partial charge in [-0.15, -0.1) is 0 Å². The molecule has 0 aliphatic carbocycles. The highest BCUT2D eigenvalue weighted by atomic mass is 16.5. The lowest BCUT2D eigenvalue weighted by molar-refractivity contribution is 0.400. The van der Waals surface area contributed by atoms with E-state index in [1.807, 2.05) is 0 Å². The molecule has 2 heterocycles. The van der Waals surface area contributed by atoms with E-state index in [-0.39, 0.29) is 0 Å². The number of nitrogen functional groups attached to an aromatic ring is 1. The molecule has 0 spiro atoms. The Kier molecular flexibility index (Phi) is 1.54. The Morgan fingerprint density at radius 1 is 1.46 bits per heavy atom. The lowest BCUT2D eigenvalue weighted by Crippen LogP contribution is -2.00. The van der Waals surface area contributed by atoms with Crippen LogP contribution in [0.2, 0.25) is 0 Å². The molecule has 0 atom stereocenters. The van der Waals surface area contributed by atoms with Gasteiger partial charge in [-0.25, -0.2) is 4.52 Å². The molecule has 2 aromatic rings. The van der Waals surface area contributed by atoms with Crippen LogP contribution in [0.4, 0.5) is 5.69 Å². The Balaban J connectivity index is 2.72. The highest BCUT2D eigenvalue weighted by Crippen LogP contribution is 2.16. The summed E-state index contributed by atoms with van der Waals surface area (Å²) in [4.78, 5) is 8.12. The number of hydrogen-bond acceptors (Lipinski definition) is 5. The number of ether oxygens (including phenoxy) is 1. The van der Waals surface area contributed by atoms with Crippen molar-refractivity contribution < 1.29 is 4.74 Å². The minimum absolute atomic E-state index is 0.375. The number of anilines is 1. The van der Waals surface area contributed by atoms with Crippen molar-refractivity contribution in [2.75, 3.05) is 12.8 Å². The fraction of sp³-hybridized carbons (Fsp3) is 0.286. The second-order valence-electron chi connectivity index (χ2n) is 2.61. The predicted molar refractivity (Wildman–Crippen MR) is 46.5 cm³/mol. The molecule has 0 bridgehead atoms. The highest BCUT2D eigenvalue weighted by Gasteiger charge is 2.06. The van der Waals surface area contributed by atoms with E-state index in [9.17, 15) is 0 Å². The molecule has 68 valence electrons. The summed E-state index contributed by atoms with van der Waals surface area (Å²) in [5, 5.41) is 4.06. The number of nitrogens with two attached hydrogens (primary N) is 1. The maximum atomic E-state index is 5.63. The molecule has 0 radical (unpaired) electrons. The third-order valence-electron chi connectivity index (χ3n) is 1.62. The van der Waals surface area contributed by atoms with Gasteiger partial charge in [0, 0.05) is 0 Å². The van der Waals surface area contributed by atoms with Crippen molar-refractivity contribution >= 4 is 11.5 Å². The summed E-state index contributed by atoms with van der Waals surface area (Å²) < 4.78 is 6.47. The number of aromatic nitrogens is 4. The minimum atomic E-state index is 0.375. The molecular weight excluding hydrogens is 170 g/mol. The summed E-state index contributed by atoms with van der Waals surface area (Å²) in [6.07, 6.45) is 1.63. The lowest BCUT2D eigenvalue weighted by atomic mass is 10.5. The van der Waals surface area contributed by atoms with Gasteiger partial charge in [0.25, 0.3) is 5.78 Å². The zero-order chi connectivity index (χ0) is 9.42. The van der Waals surface area contributed by atoms with Crippen molar-refractivity contribution in [3.8, 4) is 5.88 Å². The van der Waals surface area contributed by atoms with E-state index in [4.69, 9.17) is 10.5 Å². The van der Waals surface area contributed by atoms with Crippen LogP contribution in [0.25, 0.3) is 5.78 Å². The van der Waals surface area contributed by atoms with E-state index >= 15 is 0 Å². The Bertz CT molecular complexity index is 449. The van der Waals surface area contributed by atoms with E-state index in [0.717, 1.165) is 0 Å². The second-order valence-corrected chi connectivity index (χ2v) is 2.61. The van der Waals surface area contributed by atoms with Crippen LogP contribution in [0.3, 0.4) is 0 Å². The van der Waals surface area contributed by atoms with Crippen LogP contribution in [-0.2, 0) is 0 Å². The van der Waals surface area contributed by atoms with Gasteiger partial charge in [-0.1, -0.05) is 0 Å². The highest BCUT2D eigenvalue weighted by molar-refractivity contribution is 5.50. The topological polar surface area (TPSA) is 78.3 Å². The fourth-order valence-corrected chi connectivity index (χ4v) is 1.09. The molecule has 13 heavy (non-hydrogen) atoms. The van der Waals surface area contributed by atoms with Crippen LogP contribution in [0.5, 0.6) is 5.88 Å².